The van der Waals surface area contributed by atoms with E-state index in [0.717, 1.165) is 18.9 Å². The van der Waals surface area contributed by atoms with Gasteiger partial charge in [0.25, 0.3) is 0 Å². The van der Waals surface area contributed by atoms with Crippen molar-refractivity contribution in [3.05, 3.63) is 23.8 Å². The maximum absolute atomic E-state index is 12.2. The van der Waals surface area contributed by atoms with Gasteiger partial charge in [-0.25, -0.2) is 17.9 Å². The zero-order valence-corrected chi connectivity index (χ0v) is 14.3. The first kappa shape index (κ1) is 18.7. The number of aromatic carboxylic acids is 1. The summed E-state index contributed by atoms with van der Waals surface area (Å²) >= 11 is 0. The van der Waals surface area contributed by atoms with Gasteiger partial charge in [-0.3, -0.25) is 0 Å². The number of carboxylic acid groups (broad SMARTS) is 1. The Morgan fingerprint density at radius 3 is 2.88 bits per heavy atom. The largest absolute Gasteiger partial charge is 0.478 e. The van der Waals surface area contributed by atoms with Gasteiger partial charge in [-0.2, -0.15) is 0 Å². The molecule has 1 saturated heterocycles. The number of methoxy groups -OCH3 is 1. The Morgan fingerprint density at radius 1 is 1.46 bits per heavy atom. The summed E-state index contributed by atoms with van der Waals surface area (Å²) in [6.07, 6.45) is 1.96. The molecule has 0 amide bonds. The van der Waals surface area contributed by atoms with Crippen LogP contribution in [0.5, 0.6) is 0 Å². The monoisotopic (exact) mass is 358 g/mol. The molecular weight excluding hydrogens is 336 g/mol. The minimum absolute atomic E-state index is 0.0470. The maximum atomic E-state index is 12.2. The second kappa shape index (κ2) is 8.43. The molecule has 0 radical (unpaired) electrons. The van der Waals surface area contributed by atoms with E-state index in [1.165, 1.54) is 19.2 Å². The highest BCUT2D eigenvalue weighted by molar-refractivity contribution is 7.89. The highest BCUT2D eigenvalue weighted by atomic mass is 32.2. The van der Waals surface area contributed by atoms with Crippen molar-refractivity contribution >= 4 is 21.7 Å². The van der Waals surface area contributed by atoms with Gasteiger partial charge < -0.3 is 19.9 Å². The van der Waals surface area contributed by atoms with E-state index in [9.17, 15) is 18.3 Å². The molecule has 0 aliphatic carbocycles. The molecule has 0 saturated carbocycles. The summed E-state index contributed by atoms with van der Waals surface area (Å²) in [5.41, 5.74) is 0.274. The fourth-order valence-corrected chi connectivity index (χ4v) is 3.45. The second-order valence-corrected chi connectivity index (χ2v) is 7.19. The number of rotatable bonds is 9. The van der Waals surface area contributed by atoms with E-state index in [2.05, 4.69) is 10.0 Å². The third-order valence-corrected chi connectivity index (χ3v) is 5.13. The Balaban J connectivity index is 2.14. The van der Waals surface area contributed by atoms with Crippen LogP contribution >= 0.6 is 0 Å². The molecule has 0 spiro atoms. The van der Waals surface area contributed by atoms with Gasteiger partial charge in [0.05, 0.1) is 23.2 Å². The minimum Gasteiger partial charge on any atom is -0.478 e. The number of carboxylic acids is 1. The van der Waals surface area contributed by atoms with Crippen LogP contribution < -0.4 is 10.0 Å². The first-order chi connectivity index (χ1) is 11.4. The van der Waals surface area contributed by atoms with Crippen LogP contribution in [0.2, 0.25) is 0 Å². The van der Waals surface area contributed by atoms with Gasteiger partial charge in [-0.1, -0.05) is 0 Å². The van der Waals surface area contributed by atoms with Crippen LogP contribution in [-0.2, 0) is 19.5 Å². The molecule has 9 heteroatoms. The van der Waals surface area contributed by atoms with E-state index in [1.807, 2.05) is 0 Å². The first-order valence-electron chi connectivity index (χ1n) is 7.65. The normalized spacial score (nSPS) is 17.8. The minimum atomic E-state index is -3.78. The van der Waals surface area contributed by atoms with Crippen molar-refractivity contribution in [2.24, 2.45) is 0 Å². The fraction of sp³-hybridized carbons (Fsp3) is 0.533. The molecule has 0 bridgehead atoms. The van der Waals surface area contributed by atoms with Crippen molar-refractivity contribution in [1.82, 2.24) is 4.72 Å². The molecule has 1 atom stereocenters. The predicted octanol–water partition coefficient (Wildman–Crippen LogP) is 0.900. The summed E-state index contributed by atoms with van der Waals surface area (Å²) in [7, 11) is -2.32. The lowest BCUT2D eigenvalue weighted by Crippen LogP contribution is -2.27. The summed E-state index contributed by atoms with van der Waals surface area (Å²) in [6, 6.07) is 3.98. The second-order valence-electron chi connectivity index (χ2n) is 5.42. The van der Waals surface area contributed by atoms with E-state index < -0.39 is 16.0 Å². The summed E-state index contributed by atoms with van der Waals surface area (Å²) in [5.74, 6) is -1.20. The summed E-state index contributed by atoms with van der Waals surface area (Å²) in [5, 5.41) is 12.4. The molecule has 1 aliphatic rings. The van der Waals surface area contributed by atoms with Crippen LogP contribution in [0.15, 0.2) is 23.1 Å². The first-order valence-corrected chi connectivity index (χ1v) is 9.14. The summed E-state index contributed by atoms with van der Waals surface area (Å²) < 4.78 is 36.9. The number of benzene rings is 1. The lowest BCUT2D eigenvalue weighted by Gasteiger charge is -2.15. The summed E-state index contributed by atoms with van der Waals surface area (Å²) in [4.78, 5) is 11.4. The standard InChI is InChI=1S/C15H22N2O6S/c1-22-8-6-17-24(20,21)12-4-5-14(13(9-12)15(18)19)16-10-11-3-2-7-23-11/h4-5,9,11,16-17H,2-3,6-8,10H2,1H3,(H,18,19). The predicted molar refractivity (Wildman–Crippen MR) is 87.9 cm³/mol. The quantitative estimate of drug-likeness (QED) is 0.562. The average Bonchev–Trinajstić information content (AvgIpc) is 3.06. The molecule has 0 aromatic heterocycles. The van der Waals surface area contributed by atoms with E-state index >= 15 is 0 Å². The average molecular weight is 358 g/mol. The molecule has 2 rings (SSSR count). The zero-order valence-electron chi connectivity index (χ0n) is 13.4. The number of ether oxygens (including phenoxy) is 2. The van der Waals surface area contributed by atoms with Crippen molar-refractivity contribution in [1.29, 1.82) is 0 Å². The van der Waals surface area contributed by atoms with Gasteiger partial charge in [0, 0.05) is 32.5 Å². The molecule has 3 N–H and O–H groups in total. The van der Waals surface area contributed by atoms with Crippen LogP contribution in [0, 0.1) is 0 Å². The van der Waals surface area contributed by atoms with E-state index in [-0.39, 0.29) is 29.7 Å². The van der Waals surface area contributed by atoms with Gasteiger partial charge in [0.15, 0.2) is 0 Å². The molecule has 1 unspecified atom stereocenters. The molecule has 1 aromatic carbocycles. The van der Waals surface area contributed by atoms with Crippen LogP contribution in [0.25, 0.3) is 0 Å². The number of hydrogen-bond acceptors (Lipinski definition) is 6. The van der Waals surface area contributed by atoms with Crippen LogP contribution in [-0.4, -0.2) is 59.0 Å². The highest BCUT2D eigenvalue weighted by Crippen LogP contribution is 2.22. The van der Waals surface area contributed by atoms with Gasteiger partial charge in [-0.05, 0) is 31.0 Å². The van der Waals surface area contributed by atoms with Crippen molar-refractivity contribution in [2.45, 2.75) is 23.8 Å². The number of carbonyl (C=O) groups is 1. The SMILES string of the molecule is COCCNS(=O)(=O)c1ccc(NCC2CCCO2)c(C(=O)O)c1. The van der Waals surface area contributed by atoms with Crippen LogP contribution in [0.3, 0.4) is 0 Å². The van der Waals surface area contributed by atoms with Gasteiger partial charge >= 0.3 is 5.97 Å². The third kappa shape index (κ3) is 4.91. The molecule has 1 aliphatic heterocycles. The molecule has 8 nitrogen and oxygen atoms in total. The number of anilines is 1. The Hall–Kier alpha value is -1.68. The molecule has 24 heavy (non-hydrogen) atoms. The smallest absolute Gasteiger partial charge is 0.337 e. The fourth-order valence-electron chi connectivity index (χ4n) is 2.41. The van der Waals surface area contributed by atoms with Crippen molar-refractivity contribution in [3.8, 4) is 0 Å². The Bertz CT molecular complexity index is 671. The zero-order chi connectivity index (χ0) is 17.6. The summed E-state index contributed by atoms with van der Waals surface area (Å²) in [6.45, 7) is 1.53. The molecule has 1 aromatic rings. The number of sulfonamides is 1. The van der Waals surface area contributed by atoms with E-state index in [0.29, 0.717) is 18.8 Å². The lowest BCUT2D eigenvalue weighted by atomic mass is 10.1. The number of nitrogens with one attached hydrogen (secondary N) is 2. The van der Waals surface area contributed by atoms with Gasteiger partial charge in [0.2, 0.25) is 10.0 Å². The molecule has 1 fully saturated rings. The van der Waals surface area contributed by atoms with Crippen LogP contribution in [0.1, 0.15) is 23.2 Å². The Kier molecular flexibility index (Phi) is 6.55. The highest BCUT2D eigenvalue weighted by Gasteiger charge is 2.20. The topological polar surface area (TPSA) is 114 Å². The molecule has 134 valence electrons. The Morgan fingerprint density at radius 2 is 2.25 bits per heavy atom. The molecule has 1 heterocycles. The van der Waals surface area contributed by atoms with Crippen LogP contribution in [0.4, 0.5) is 5.69 Å². The van der Waals surface area contributed by atoms with E-state index in [4.69, 9.17) is 9.47 Å². The van der Waals surface area contributed by atoms with Gasteiger partial charge in [-0.15, -0.1) is 0 Å². The lowest BCUT2D eigenvalue weighted by molar-refractivity contribution is 0.0697. The molecular formula is C15H22N2O6S. The van der Waals surface area contributed by atoms with Crippen molar-refractivity contribution < 1.29 is 27.8 Å². The maximum Gasteiger partial charge on any atom is 0.337 e. The Labute approximate surface area is 141 Å². The number of hydrogen-bond donors (Lipinski definition) is 3. The third-order valence-electron chi connectivity index (χ3n) is 3.67. The van der Waals surface area contributed by atoms with Crippen molar-refractivity contribution in [3.63, 3.8) is 0 Å². The van der Waals surface area contributed by atoms with E-state index in [1.54, 1.807) is 0 Å². The van der Waals surface area contributed by atoms with Crippen molar-refractivity contribution in [2.75, 3.05) is 38.7 Å². The van der Waals surface area contributed by atoms with Gasteiger partial charge in [0.1, 0.15) is 0 Å².